The van der Waals surface area contributed by atoms with Crippen molar-refractivity contribution >= 4 is 0 Å². The smallest absolute Gasteiger partial charge is 0.330 e. The zero-order chi connectivity index (χ0) is 15.9. The van der Waals surface area contributed by atoms with E-state index in [1.807, 2.05) is 13.8 Å². The minimum absolute atomic E-state index is 0.197. The summed E-state index contributed by atoms with van der Waals surface area (Å²) in [6.45, 7) is 3.55. The zero-order valence-corrected chi connectivity index (χ0v) is 12.3. The van der Waals surface area contributed by atoms with Gasteiger partial charge in [0.2, 0.25) is 0 Å². The third-order valence-electron chi connectivity index (χ3n) is 4.02. The molecule has 0 radical (unpaired) electrons. The quantitative estimate of drug-likeness (QED) is 0.772. The fourth-order valence-electron chi connectivity index (χ4n) is 2.70. The molecule has 0 saturated carbocycles. The molecular formula is C13H17N5O4. The van der Waals surface area contributed by atoms with Crippen molar-refractivity contribution in [2.45, 2.75) is 38.6 Å². The van der Waals surface area contributed by atoms with Crippen LogP contribution in [0.25, 0.3) is 0 Å². The number of hydrogen-bond acceptors (Lipinski definition) is 6. The van der Waals surface area contributed by atoms with E-state index in [1.165, 1.54) is 16.8 Å². The van der Waals surface area contributed by atoms with Crippen LogP contribution in [0.15, 0.2) is 21.9 Å². The first-order valence-corrected chi connectivity index (χ1v) is 6.97. The maximum Gasteiger partial charge on any atom is 0.330 e. The summed E-state index contributed by atoms with van der Waals surface area (Å²) in [5.74, 6) is 0. The molecule has 1 saturated heterocycles. The Morgan fingerprint density at radius 2 is 2.23 bits per heavy atom. The van der Waals surface area contributed by atoms with E-state index in [2.05, 4.69) is 15.3 Å². The molecule has 22 heavy (non-hydrogen) atoms. The molecule has 118 valence electrons. The van der Waals surface area contributed by atoms with Crippen LogP contribution in [0.1, 0.15) is 30.1 Å². The van der Waals surface area contributed by atoms with Crippen molar-refractivity contribution in [3.05, 3.63) is 44.5 Å². The molecule has 3 heterocycles. The average Bonchev–Trinajstić information content (AvgIpc) is 3.03. The molecule has 1 fully saturated rings. The summed E-state index contributed by atoms with van der Waals surface area (Å²) in [6.07, 6.45) is 0.766. The van der Waals surface area contributed by atoms with Crippen LogP contribution in [-0.4, -0.2) is 42.4 Å². The van der Waals surface area contributed by atoms with Gasteiger partial charge in [0.1, 0.15) is 12.3 Å². The minimum Gasteiger partial charge on any atom is -0.394 e. The van der Waals surface area contributed by atoms with Gasteiger partial charge in [-0.15, -0.1) is 5.10 Å². The molecule has 0 spiro atoms. The van der Waals surface area contributed by atoms with Crippen molar-refractivity contribution in [2.24, 2.45) is 0 Å². The second kappa shape index (κ2) is 5.50. The Labute approximate surface area is 125 Å². The van der Waals surface area contributed by atoms with E-state index in [1.54, 1.807) is 4.68 Å². The number of rotatable bonds is 3. The van der Waals surface area contributed by atoms with Crippen LogP contribution in [0.5, 0.6) is 0 Å². The van der Waals surface area contributed by atoms with Gasteiger partial charge in [0.15, 0.2) is 0 Å². The van der Waals surface area contributed by atoms with E-state index in [0.29, 0.717) is 6.42 Å². The lowest BCUT2D eigenvalue weighted by atomic mass is 10.1. The molecule has 3 atom stereocenters. The van der Waals surface area contributed by atoms with Crippen molar-refractivity contribution in [3.63, 3.8) is 0 Å². The lowest BCUT2D eigenvalue weighted by molar-refractivity contribution is -0.0324. The van der Waals surface area contributed by atoms with Gasteiger partial charge in [0.05, 0.1) is 24.0 Å². The first-order valence-electron chi connectivity index (χ1n) is 6.97. The van der Waals surface area contributed by atoms with Gasteiger partial charge >= 0.3 is 5.69 Å². The Hall–Kier alpha value is -2.26. The fourth-order valence-corrected chi connectivity index (χ4v) is 2.70. The van der Waals surface area contributed by atoms with Crippen LogP contribution in [0.4, 0.5) is 0 Å². The lowest BCUT2D eigenvalue weighted by Crippen LogP contribution is -2.31. The van der Waals surface area contributed by atoms with Crippen LogP contribution in [0.3, 0.4) is 0 Å². The number of aromatic amines is 1. The Bertz CT molecular complexity index is 792. The third kappa shape index (κ3) is 2.38. The average molecular weight is 307 g/mol. The van der Waals surface area contributed by atoms with Gasteiger partial charge in [-0.05, 0) is 13.8 Å². The summed E-state index contributed by atoms with van der Waals surface area (Å²) >= 11 is 0. The van der Waals surface area contributed by atoms with Gasteiger partial charge in [-0.25, -0.2) is 9.48 Å². The third-order valence-corrected chi connectivity index (χ3v) is 4.02. The van der Waals surface area contributed by atoms with E-state index < -0.39 is 23.6 Å². The van der Waals surface area contributed by atoms with Crippen LogP contribution in [0, 0.1) is 13.8 Å². The summed E-state index contributed by atoms with van der Waals surface area (Å²) < 4.78 is 8.77. The van der Waals surface area contributed by atoms with E-state index in [-0.39, 0.29) is 12.6 Å². The SMILES string of the molecule is Cc1nnn([C@H]2C[C@H](n3ccc(=O)[nH]c3=O)O[C@@H]2CO)c1C. The van der Waals surface area contributed by atoms with Crippen molar-refractivity contribution < 1.29 is 9.84 Å². The molecule has 0 aromatic carbocycles. The summed E-state index contributed by atoms with van der Waals surface area (Å²) in [5, 5.41) is 17.6. The molecule has 0 amide bonds. The molecule has 2 aromatic rings. The molecular weight excluding hydrogens is 290 g/mol. The predicted octanol–water partition coefficient (Wildman–Crippen LogP) is -0.734. The number of aryl methyl sites for hydroxylation is 1. The predicted molar refractivity (Wildman–Crippen MR) is 75.5 cm³/mol. The maximum absolute atomic E-state index is 11.9. The molecule has 0 bridgehead atoms. The normalized spacial score (nSPS) is 24.8. The molecule has 2 N–H and O–H groups in total. The zero-order valence-electron chi connectivity index (χ0n) is 12.3. The summed E-state index contributed by atoms with van der Waals surface area (Å²) in [5.41, 5.74) is 0.696. The van der Waals surface area contributed by atoms with Crippen molar-refractivity contribution in [1.29, 1.82) is 0 Å². The molecule has 9 heteroatoms. The molecule has 0 unspecified atom stereocenters. The highest BCUT2D eigenvalue weighted by Gasteiger charge is 2.38. The van der Waals surface area contributed by atoms with E-state index in [0.717, 1.165) is 11.4 Å². The summed E-state index contributed by atoms with van der Waals surface area (Å²) in [7, 11) is 0. The number of aliphatic hydroxyl groups is 1. The van der Waals surface area contributed by atoms with Gasteiger partial charge in [0, 0.05) is 18.7 Å². The molecule has 1 aliphatic rings. The standard InChI is InChI=1S/C13H17N5O4/c1-7-8(2)18(16-15-7)9-5-12(22-10(9)6-19)17-4-3-11(20)14-13(17)21/h3-4,9-10,12,19H,5-6H2,1-2H3,(H,14,20,21)/t9-,10+,12+/m0/s1. The highest BCUT2D eigenvalue weighted by Crippen LogP contribution is 2.36. The second-order valence-electron chi connectivity index (χ2n) is 5.34. The monoisotopic (exact) mass is 307 g/mol. The van der Waals surface area contributed by atoms with Gasteiger partial charge < -0.3 is 9.84 Å². The van der Waals surface area contributed by atoms with Gasteiger partial charge in [-0.1, -0.05) is 5.21 Å². The van der Waals surface area contributed by atoms with Crippen LogP contribution in [-0.2, 0) is 4.74 Å². The highest BCUT2D eigenvalue weighted by molar-refractivity contribution is 5.07. The molecule has 2 aromatic heterocycles. The van der Waals surface area contributed by atoms with Gasteiger partial charge in [-0.2, -0.15) is 0 Å². The number of hydrogen-bond donors (Lipinski definition) is 2. The topological polar surface area (TPSA) is 115 Å². The Morgan fingerprint density at radius 1 is 1.45 bits per heavy atom. The largest absolute Gasteiger partial charge is 0.394 e. The first-order chi connectivity index (χ1) is 10.5. The summed E-state index contributed by atoms with van der Waals surface area (Å²) in [6, 6.07) is 1.03. The fraction of sp³-hybridized carbons (Fsp3) is 0.538. The molecule has 1 aliphatic heterocycles. The Morgan fingerprint density at radius 3 is 2.82 bits per heavy atom. The molecule has 9 nitrogen and oxygen atoms in total. The minimum atomic E-state index is -0.574. The number of H-pyrrole nitrogens is 1. The van der Waals surface area contributed by atoms with E-state index in [9.17, 15) is 14.7 Å². The van der Waals surface area contributed by atoms with Gasteiger partial charge in [-0.3, -0.25) is 14.3 Å². The number of aliphatic hydroxyl groups excluding tert-OH is 1. The number of nitrogens with one attached hydrogen (secondary N) is 1. The number of ether oxygens (including phenoxy) is 1. The first kappa shape index (κ1) is 14.7. The van der Waals surface area contributed by atoms with Crippen LogP contribution < -0.4 is 11.2 Å². The highest BCUT2D eigenvalue weighted by atomic mass is 16.5. The lowest BCUT2D eigenvalue weighted by Gasteiger charge is -2.16. The van der Waals surface area contributed by atoms with Gasteiger partial charge in [0.25, 0.3) is 5.56 Å². The van der Waals surface area contributed by atoms with Crippen molar-refractivity contribution in [3.8, 4) is 0 Å². The molecule has 0 aliphatic carbocycles. The van der Waals surface area contributed by atoms with Crippen LogP contribution in [0.2, 0.25) is 0 Å². The van der Waals surface area contributed by atoms with Crippen molar-refractivity contribution in [2.75, 3.05) is 6.61 Å². The Kier molecular flexibility index (Phi) is 3.67. The number of aromatic nitrogens is 5. The van der Waals surface area contributed by atoms with E-state index in [4.69, 9.17) is 4.74 Å². The second-order valence-corrected chi connectivity index (χ2v) is 5.34. The van der Waals surface area contributed by atoms with E-state index >= 15 is 0 Å². The maximum atomic E-state index is 11.9. The summed E-state index contributed by atoms with van der Waals surface area (Å²) in [4.78, 5) is 25.2. The van der Waals surface area contributed by atoms with Crippen molar-refractivity contribution in [1.82, 2.24) is 24.5 Å². The number of nitrogens with zero attached hydrogens (tertiary/aromatic N) is 4. The van der Waals surface area contributed by atoms with Crippen LogP contribution >= 0.6 is 0 Å². The molecule has 3 rings (SSSR count). The Balaban J connectivity index is 1.93.